The van der Waals surface area contributed by atoms with Crippen molar-refractivity contribution < 1.29 is 22.6 Å². The first-order chi connectivity index (χ1) is 13.0. The molecule has 3 fully saturated rings. The van der Waals surface area contributed by atoms with Gasteiger partial charge in [0.15, 0.2) is 11.5 Å². The van der Waals surface area contributed by atoms with Crippen molar-refractivity contribution in [3.8, 4) is 11.5 Å². The number of rotatable bonds is 4. The lowest BCUT2D eigenvalue weighted by molar-refractivity contribution is -0.137. The predicted molar refractivity (Wildman–Crippen MR) is 98.7 cm³/mol. The van der Waals surface area contributed by atoms with Crippen molar-refractivity contribution in [2.24, 2.45) is 0 Å². The Morgan fingerprint density at radius 2 is 1.81 bits per heavy atom. The molecule has 5 rings (SSSR count). The summed E-state index contributed by atoms with van der Waals surface area (Å²) in [6, 6.07) is 5.50. The Kier molecular flexibility index (Phi) is 4.34. The van der Waals surface area contributed by atoms with Crippen molar-refractivity contribution in [2.75, 3.05) is 32.9 Å². The molecule has 1 aliphatic carbocycles. The van der Waals surface area contributed by atoms with Gasteiger partial charge in [0.1, 0.15) is 13.2 Å². The Morgan fingerprint density at radius 1 is 1.04 bits per heavy atom. The van der Waals surface area contributed by atoms with Crippen molar-refractivity contribution >= 4 is 10.0 Å². The number of benzene rings is 1. The van der Waals surface area contributed by atoms with E-state index in [4.69, 9.17) is 14.2 Å². The lowest BCUT2D eigenvalue weighted by Gasteiger charge is -2.49. The Hall–Kier alpha value is -1.35. The van der Waals surface area contributed by atoms with Gasteiger partial charge in [-0.25, -0.2) is 8.42 Å². The number of fused-ring (bicyclic) bond motifs is 1. The van der Waals surface area contributed by atoms with Crippen LogP contribution >= 0.6 is 0 Å². The lowest BCUT2D eigenvalue weighted by atomic mass is 9.74. The molecule has 1 aromatic carbocycles. The quantitative estimate of drug-likeness (QED) is 0.835. The van der Waals surface area contributed by atoms with Crippen LogP contribution < -0.4 is 14.8 Å². The average molecular weight is 394 g/mol. The minimum atomic E-state index is -3.49. The van der Waals surface area contributed by atoms with Crippen LogP contribution in [0.15, 0.2) is 23.1 Å². The second-order valence-corrected chi connectivity index (χ2v) is 10.0. The number of nitrogens with one attached hydrogen (secondary N) is 1. The van der Waals surface area contributed by atoms with Gasteiger partial charge >= 0.3 is 0 Å². The molecular weight excluding hydrogens is 368 g/mol. The molecule has 0 aromatic heterocycles. The molecule has 27 heavy (non-hydrogen) atoms. The first-order valence-electron chi connectivity index (χ1n) is 9.84. The van der Waals surface area contributed by atoms with Crippen LogP contribution in [0, 0.1) is 0 Å². The second kappa shape index (κ2) is 6.62. The van der Waals surface area contributed by atoms with Crippen LogP contribution in [0.1, 0.15) is 32.1 Å². The van der Waals surface area contributed by atoms with Gasteiger partial charge in [-0.15, -0.1) is 0 Å². The molecule has 1 unspecified atom stereocenters. The fourth-order valence-electron chi connectivity index (χ4n) is 4.50. The summed E-state index contributed by atoms with van der Waals surface area (Å²) >= 11 is 0. The van der Waals surface area contributed by atoms with E-state index in [0.29, 0.717) is 43.8 Å². The predicted octanol–water partition coefficient (Wildman–Crippen LogP) is 1.52. The highest BCUT2D eigenvalue weighted by atomic mass is 32.2. The van der Waals surface area contributed by atoms with E-state index < -0.39 is 10.0 Å². The number of hydrogen-bond donors (Lipinski definition) is 1. The van der Waals surface area contributed by atoms with E-state index >= 15 is 0 Å². The van der Waals surface area contributed by atoms with E-state index in [0.717, 1.165) is 19.4 Å². The molecule has 0 amide bonds. The van der Waals surface area contributed by atoms with E-state index in [9.17, 15) is 8.42 Å². The minimum Gasteiger partial charge on any atom is -0.486 e. The monoisotopic (exact) mass is 394 g/mol. The summed E-state index contributed by atoms with van der Waals surface area (Å²) in [5.41, 5.74) is 0.108. The van der Waals surface area contributed by atoms with Gasteiger partial charge in [-0.2, -0.15) is 4.31 Å². The van der Waals surface area contributed by atoms with Crippen molar-refractivity contribution in [1.82, 2.24) is 9.62 Å². The molecule has 148 valence electrons. The van der Waals surface area contributed by atoms with Crippen LogP contribution in [0.25, 0.3) is 0 Å². The third-order valence-electron chi connectivity index (χ3n) is 6.23. The molecule has 3 heterocycles. The summed E-state index contributed by atoms with van der Waals surface area (Å²) in [4.78, 5) is 0.268. The van der Waals surface area contributed by atoms with E-state index in [2.05, 4.69) is 5.32 Å². The zero-order chi connectivity index (χ0) is 18.5. The number of nitrogens with zero attached hydrogens (tertiary/aromatic N) is 1. The van der Waals surface area contributed by atoms with Crippen LogP contribution in [-0.2, 0) is 14.8 Å². The average Bonchev–Trinajstić information content (AvgIpc) is 2.62. The van der Waals surface area contributed by atoms with E-state index in [1.165, 1.54) is 23.6 Å². The first-order valence-corrected chi connectivity index (χ1v) is 11.3. The van der Waals surface area contributed by atoms with Crippen LogP contribution in [0.2, 0.25) is 0 Å². The third-order valence-corrected chi connectivity index (χ3v) is 8.06. The van der Waals surface area contributed by atoms with Gasteiger partial charge in [-0.05, 0) is 44.2 Å². The van der Waals surface area contributed by atoms with E-state index in [1.807, 2.05) is 0 Å². The molecule has 1 N–H and O–H groups in total. The standard InChI is InChI=1S/C19H26N2O5S/c22-27(23,16-2-3-17-18(10-16)25-9-8-24-17)21-12-15(13-21)20-14-4-7-26-19(11-14)5-1-6-19/h2-3,10,14-15,20H,1,4-9,11-13H2. The summed E-state index contributed by atoms with van der Waals surface area (Å²) in [6.45, 7) is 2.77. The van der Waals surface area contributed by atoms with Gasteiger partial charge in [0.05, 0.1) is 10.5 Å². The van der Waals surface area contributed by atoms with Gasteiger partial charge in [-0.3, -0.25) is 0 Å². The van der Waals surface area contributed by atoms with Crippen molar-refractivity contribution in [2.45, 2.75) is 54.7 Å². The molecule has 7 nitrogen and oxygen atoms in total. The van der Waals surface area contributed by atoms with Gasteiger partial charge in [0, 0.05) is 37.8 Å². The van der Waals surface area contributed by atoms with Crippen molar-refractivity contribution in [3.63, 3.8) is 0 Å². The van der Waals surface area contributed by atoms with Crippen LogP contribution in [0.5, 0.6) is 11.5 Å². The van der Waals surface area contributed by atoms with E-state index in [1.54, 1.807) is 18.2 Å². The number of hydrogen-bond acceptors (Lipinski definition) is 6. The zero-order valence-electron chi connectivity index (χ0n) is 15.4. The minimum absolute atomic E-state index is 0.108. The molecule has 0 bridgehead atoms. The molecule has 4 aliphatic rings. The molecule has 1 spiro atoms. The maximum Gasteiger partial charge on any atom is 0.243 e. The Balaban J connectivity index is 1.20. The summed E-state index contributed by atoms with van der Waals surface area (Å²) in [5.74, 6) is 1.11. The maximum atomic E-state index is 12.9. The highest BCUT2D eigenvalue weighted by Gasteiger charge is 2.44. The van der Waals surface area contributed by atoms with Crippen molar-refractivity contribution in [3.05, 3.63) is 18.2 Å². The van der Waals surface area contributed by atoms with Crippen LogP contribution in [-0.4, -0.2) is 63.3 Å². The fourth-order valence-corrected chi connectivity index (χ4v) is 6.04. The normalized spacial score (nSPS) is 27.8. The molecular formula is C19H26N2O5S. The third kappa shape index (κ3) is 3.22. The lowest BCUT2D eigenvalue weighted by Crippen LogP contribution is -2.63. The van der Waals surface area contributed by atoms with Crippen LogP contribution in [0.4, 0.5) is 0 Å². The van der Waals surface area contributed by atoms with Gasteiger partial charge in [-0.1, -0.05) is 0 Å². The Bertz CT molecular complexity index is 817. The summed E-state index contributed by atoms with van der Waals surface area (Å²) < 4.78 is 44.3. The molecule has 1 saturated carbocycles. The zero-order valence-corrected chi connectivity index (χ0v) is 16.2. The Labute approximate surface area is 160 Å². The van der Waals surface area contributed by atoms with Crippen molar-refractivity contribution in [1.29, 1.82) is 0 Å². The molecule has 8 heteroatoms. The largest absolute Gasteiger partial charge is 0.486 e. The summed E-state index contributed by atoms with van der Waals surface area (Å²) in [5, 5.41) is 3.65. The summed E-state index contributed by atoms with van der Waals surface area (Å²) in [6.07, 6.45) is 5.66. The SMILES string of the molecule is O=S(=O)(c1ccc2c(c1)OCCO2)N1CC(NC2CCOC3(CCC3)C2)C1. The van der Waals surface area contributed by atoms with Gasteiger partial charge in [0.25, 0.3) is 0 Å². The topological polar surface area (TPSA) is 77.1 Å². The smallest absolute Gasteiger partial charge is 0.243 e. The molecule has 0 radical (unpaired) electrons. The van der Waals surface area contributed by atoms with Crippen LogP contribution in [0.3, 0.4) is 0 Å². The number of sulfonamides is 1. The fraction of sp³-hybridized carbons (Fsp3) is 0.684. The Morgan fingerprint density at radius 3 is 2.56 bits per heavy atom. The van der Waals surface area contributed by atoms with E-state index in [-0.39, 0.29) is 16.5 Å². The molecule has 1 aromatic rings. The van der Waals surface area contributed by atoms with Gasteiger partial charge < -0.3 is 19.5 Å². The van der Waals surface area contributed by atoms with Gasteiger partial charge in [0.2, 0.25) is 10.0 Å². The molecule has 2 saturated heterocycles. The summed E-state index contributed by atoms with van der Waals surface area (Å²) in [7, 11) is -3.49. The first kappa shape index (κ1) is 17.7. The molecule has 1 atom stereocenters. The molecule has 3 aliphatic heterocycles. The number of ether oxygens (including phenoxy) is 3. The highest BCUT2D eigenvalue weighted by Crippen LogP contribution is 2.42. The maximum absolute atomic E-state index is 12.9. The second-order valence-electron chi connectivity index (χ2n) is 8.07. The highest BCUT2D eigenvalue weighted by molar-refractivity contribution is 7.89.